The third-order valence-electron chi connectivity index (χ3n) is 3.35. The van der Waals surface area contributed by atoms with Gasteiger partial charge in [0.25, 0.3) is 0 Å². The number of aryl methyl sites for hydroxylation is 1. The molecule has 23 heavy (non-hydrogen) atoms. The lowest BCUT2D eigenvalue weighted by Gasteiger charge is -2.09. The third-order valence-corrected chi connectivity index (χ3v) is 3.35. The fraction of sp³-hybridized carbons (Fsp3) is 0.412. The molecule has 2 N–H and O–H groups in total. The van der Waals surface area contributed by atoms with Crippen LogP contribution in [0, 0.1) is 0 Å². The number of aromatic nitrogens is 3. The zero-order chi connectivity index (χ0) is 16.5. The van der Waals surface area contributed by atoms with Crippen LogP contribution in [0.2, 0.25) is 0 Å². The summed E-state index contributed by atoms with van der Waals surface area (Å²) in [5, 5.41) is 11.8. The van der Waals surface area contributed by atoms with Crippen LogP contribution in [0.15, 0.2) is 30.5 Å². The number of nitrogens with zero attached hydrogens (tertiary/aromatic N) is 3. The molecule has 0 aliphatic rings. The maximum Gasteiger partial charge on any atom is 0.305 e. The second kappa shape index (κ2) is 8.82. The lowest BCUT2D eigenvalue weighted by molar-refractivity contribution is -0.136. The average molecular weight is 314 g/mol. The van der Waals surface area contributed by atoms with E-state index in [9.17, 15) is 4.79 Å². The average Bonchev–Trinajstić information content (AvgIpc) is 2.55. The highest BCUT2D eigenvalue weighted by molar-refractivity contribution is 5.67. The number of carboxylic acids is 1. The van der Waals surface area contributed by atoms with E-state index in [0.29, 0.717) is 23.9 Å². The van der Waals surface area contributed by atoms with Crippen LogP contribution in [0.4, 0.5) is 5.82 Å². The van der Waals surface area contributed by atoms with Crippen LogP contribution in [-0.2, 0) is 11.2 Å². The fourth-order valence-electron chi connectivity index (χ4n) is 2.18. The molecule has 0 saturated heterocycles. The van der Waals surface area contributed by atoms with Gasteiger partial charge in [0.05, 0.1) is 6.42 Å². The molecule has 2 aromatic heterocycles. The summed E-state index contributed by atoms with van der Waals surface area (Å²) in [7, 11) is 0. The van der Waals surface area contributed by atoms with Crippen molar-refractivity contribution in [2.75, 3.05) is 11.9 Å². The zero-order valence-corrected chi connectivity index (χ0v) is 13.3. The molecule has 6 nitrogen and oxygen atoms in total. The number of hydrogen-bond acceptors (Lipinski definition) is 5. The largest absolute Gasteiger partial charge is 0.481 e. The Morgan fingerprint density at radius 3 is 2.83 bits per heavy atom. The van der Waals surface area contributed by atoms with Gasteiger partial charge >= 0.3 is 5.97 Å². The Bertz CT molecular complexity index is 632. The minimum atomic E-state index is -0.834. The van der Waals surface area contributed by atoms with Crippen LogP contribution in [0.3, 0.4) is 0 Å². The van der Waals surface area contributed by atoms with E-state index >= 15 is 0 Å². The van der Waals surface area contributed by atoms with Gasteiger partial charge in [-0.25, -0.2) is 9.97 Å². The molecule has 0 aromatic carbocycles. The van der Waals surface area contributed by atoms with Crippen LogP contribution >= 0.6 is 0 Å². The molecule has 0 aliphatic heterocycles. The number of rotatable bonds is 9. The SMILES string of the molecule is CCCCCc1cc(NCCC(=O)O)nc(-c2ccccn2)n1. The molecule has 0 spiro atoms. The Balaban J connectivity index is 2.19. The Kier molecular flexibility index (Phi) is 6.47. The first-order valence-corrected chi connectivity index (χ1v) is 7.94. The second-order valence-corrected chi connectivity index (χ2v) is 5.31. The predicted octanol–water partition coefficient (Wildman–Crippen LogP) is 3.16. The van der Waals surface area contributed by atoms with Gasteiger partial charge < -0.3 is 10.4 Å². The number of carbonyl (C=O) groups is 1. The summed E-state index contributed by atoms with van der Waals surface area (Å²) in [6, 6.07) is 7.50. The molecular weight excluding hydrogens is 292 g/mol. The smallest absolute Gasteiger partial charge is 0.305 e. The first-order valence-electron chi connectivity index (χ1n) is 7.94. The van der Waals surface area contributed by atoms with E-state index in [0.717, 1.165) is 31.4 Å². The molecule has 0 unspecified atom stereocenters. The number of nitrogens with one attached hydrogen (secondary N) is 1. The van der Waals surface area contributed by atoms with Crippen LogP contribution < -0.4 is 5.32 Å². The van der Waals surface area contributed by atoms with E-state index in [1.165, 1.54) is 0 Å². The Morgan fingerprint density at radius 2 is 2.13 bits per heavy atom. The monoisotopic (exact) mass is 314 g/mol. The molecule has 6 heteroatoms. The molecule has 2 heterocycles. The van der Waals surface area contributed by atoms with Crippen molar-refractivity contribution < 1.29 is 9.90 Å². The molecule has 0 saturated carbocycles. The third kappa shape index (κ3) is 5.65. The number of anilines is 1. The molecular formula is C17H22N4O2. The standard InChI is InChI=1S/C17H22N4O2/c1-2-3-4-7-13-12-15(19-11-9-16(22)23)21-17(20-13)14-8-5-6-10-18-14/h5-6,8,10,12H,2-4,7,9,11H2,1H3,(H,22,23)(H,19,20,21). The molecule has 2 rings (SSSR count). The van der Waals surface area contributed by atoms with Crippen molar-refractivity contribution in [3.63, 3.8) is 0 Å². The molecule has 0 aliphatic carbocycles. The van der Waals surface area contributed by atoms with Gasteiger partial charge in [-0.3, -0.25) is 9.78 Å². The predicted molar refractivity (Wildman–Crippen MR) is 89.2 cm³/mol. The van der Waals surface area contributed by atoms with Gasteiger partial charge in [-0.15, -0.1) is 0 Å². The number of pyridine rings is 1. The summed E-state index contributed by atoms with van der Waals surface area (Å²) < 4.78 is 0. The highest BCUT2D eigenvalue weighted by atomic mass is 16.4. The first kappa shape index (κ1) is 16.9. The van der Waals surface area contributed by atoms with Gasteiger partial charge in [-0.1, -0.05) is 25.8 Å². The molecule has 0 bridgehead atoms. The minimum Gasteiger partial charge on any atom is -0.481 e. The molecule has 0 atom stereocenters. The van der Waals surface area contributed by atoms with Crippen molar-refractivity contribution in [2.45, 2.75) is 39.0 Å². The molecule has 0 amide bonds. The summed E-state index contributed by atoms with van der Waals surface area (Å²) in [4.78, 5) is 24.0. The van der Waals surface area contributed by atoms with Crippen LogP contribution in [0.25, 0.3) is 11.5 Å². The second-order valence-electron chi connectivity index (χ2n) is 5.31. The van der Waals surface area contributed by atoms with Gasteiger partial charge in [-0.2, -0.15) is 0 Å². The van der Waals surface area contributed by atoms with Gasteiger partial charge in [0, 0.05) is 24.5 Å². The van der Waals surface area contributed by atoms with E-state index in [2.05, 4.69) is 27.2 Å². The topological polar surface area (TPSA) is 88.0 Å². The van der Waals surface area contributed by atoms with Crippen molar-refractivity contribution >= 4 is 11.8 Å². The number of aliphatic carboxylic acids is 1. The Labute approximate surface area is 136 Å². The summed E-state index contributed by atoms with van der Waals surface area (Å²) >= 11 is 0. The van der Waals surface area contributed by atoms with E-state index < -0.39 is 5.97 Å². The molecule has 122 valence electrons. The normalized spacial score (nSPS) is 10.5. The van der Waals surface area contributed by atoms with Crippen LogP contribution in [-0.4, -0.2) is 32.6 Å². The Hall–Kier alpha value is -2.50. The number of carboxylic acid groups (broad SMARTS) is 1. The van der Waals surface area contributed by atoms with Gasteiger partial charge in [-0.05, 0) is 25.0 Å². The summed E-state index contributed by atoms with van der Waals surface area (Å²) in [6.45, 7) is 2.50. The van der Waals surface area contributed by atoms with Crippen molar-refractivity contribution in [1.29, 1.82) is 0 Å². The van der Waals surface area contributed by atoms with Crippen LogP contribution in [0.1, 0.15) is 38.3 Å². The van der Waals surface area contributed by atoms with Crippen molar-refractivity contribution in [3.05, 3.63) is 36.2 Å². The van der Waals surface area contributed by atoms with Crippen LogP contribution in [0.5, 0.6) is 0 Å². The quantitative estimate of drug-likeness (QED) is 0.691. The summed E-state index contributed by atoms with van der Waals surface area (Å²) in [6.07, 6.45) is 6.02. The van der Waals surface area contributed by atoms with E-state index in [-0.39, 0.29) is 6.42 Å². The summed E-state index contributed by atoms with van der Waals surface area (Å²) in [5.74, 6) is 0.380. The van der Waals surface area contributed by atoms with Gasteiger partial charge in [0.15, 0.2) is 5.82 Å². The number of hydrogen-bond donors (Lipinski definition) is 2. The molecule has 0 radical (unpaired) electrons. The maximum atomic E-state index is 10.6. The van der Waals surface area contributed by atoms with E-state index in [1.807, 2.05) is 24.3 Å². The highest BCUT2D eigenvalue weighted by Gasteiger charge is 2.08. The number of unbranched alkanes of at least 4 members (excludes halogenated alkanes) is 2. The summed E-state index contributed by atoms with van der Waals surface area (Å²) in [5.41, 5.74) is 1.66. The lowest BCUT2D eigenvalue weighted by atomic mass is 10.1. The minimum absolute atomic E-state index is 0.0497. The van der Waals surface area contributed by atoms with Crippen molar-refractivity contribution in [2.24, 2.45) is 0 Å². The Morgan fingerprint density at radius 1 is 1.26 bits per heavy atom. The highest BCUT2D eigenvalue weighted by Crippen LogP contribution is 2.17. The van der Waals surface area contributed by atoms with E-state index in [4.69, 9.17) is 5.11 Å². The van der Waals surface area contributed by atoms with Gasteiger partial charge in [0.2, 0.25) is 0 Å². The van der Waals surface area contributed by atoms with Crippen molar-refractivity contribution in [3.8, 4) is 11.5 Å². The lowest BCUT2D eigenvalue weighted by Crippen LogP contribution is -2.10. The van der Waals surface area contributed by atoms with Gasteiger partial charge in [0.1, 0.15) is 11.5 Å². The zero-order valence-electron chi connectivity index (χ0n) is 13.3. The maximum absolute atomic E-state index is 10.6. The van der Waals surface area contributed by atoms with Crippen molar-refractivity contribution in [1.82, 2.24) is 15.0 Å². The molecule has 2 aromatic rings. The first-order chi connectivity index (χ1) is 11.2. The fourth-order valence-corrected chi connectivity index (χ4v) is 2.18. The van der Waals surface area contributed by atoms with E-state index in [1.54, 1.807) is 6.20 Å². The molecule has 0 fully saturated rings.